The van der Waals surface area contributed by atoms with Gasteiger partial charge in [-0.05, 0) is 31.2 Å². The van der Waals surface area contributed by atoms with Crippen molar-refractivity contribution >= 4 is 17.7 Å². The Hall–Kier alpha value is -2.74. The van der Waals surface area contributed by atoms with Gasteiger partial charge in [0.25, 0.3) is 0 Å². The first-order chi connectivity index (χ1) is 12.8. The predicted octanol–water partition coefficient (Wildman–Crippen LogP) is 2.73. The molecule has 0 saturated heterocycles. The van der Waals surface area contributed by atoms with Crippen LogP contribution < -0.4 is 10.1 Å². The molecule has 136 valence electrons. The van der Waals surface area contributed by atoms with Gasteiger partial charge in [-0.25, -0.2) is 0 Å². The molecule has 1 amide bonds. The third-order valence-electron chi connectivity index (χ3n) is 3.50. The Labute approximate surface area is 155 Å². The average molecular weight is 372 g/mol. The minimum Gasteiger partial charge on any atom is -0.486 e. The van der Waals surface area contributed by atoms with E-state index in [0.29, 0.717) is 24.1 Å². The highest BCUT2D eigenvalue weighted by molar-refractivity contribution is 7.99. The van der Waals surface area contributed by atoms with Crippen LogP contribution in [-0.4, -0.2) is 33.0 Å². The van der Waals surface area contributed by atoms with Crippen LogP contribution in [0.15, 0.2) is 58.3 Å². The van der Waals surface area contributed by atoms with Gasteiger partial charge in [0.1, 0.15) is 18.1 Å². The number of furan rings is 1. The lowest BCUT2D eigenvalue weighted by Gasteiger charge is -2.10. The van der Waals surface area contributed by atoms with Crippen LogP contribution in [0.1, 0.15) is 18.5 Å². The number of benzene rings is 1. The first-order valence-corrected chi connectivity index (χ1v) is 9.26. The molecule has 0 radical (unpaired) electrons. The van der Waals surface area contributed by atoms with Crippen LogP contribution in [-0.2, 0) is 17.9 Å². The molecule has 0 unspecified atom stereocenters. The number of hydrogen-bond acceptors (Lipinski definition) is 6. The van der Waals surface area contributed by atoms with Gasteiger partial charge in [0.05, 0.1) is 18.6 Å². The van der Waals surface area contributed by atoms with E-state index in [1.54, 1.807) is 6.26 Å². The van der Waals surface area contributed by atoms with Gasteiger partial charge < -0.3 is 14.5 Å². The number of nitrogens with one attached hydrogen (secondary N) is 1. The van der Waals surface area contributed by atoms with E-state index in [1.165, 1.54) is 11.8 Å². The van der Waals surface area contributed by atoms with Gasteiger partial charge in [-0.1, -0.05) is 30.0 Å². The van der Waals surface area contributed by atoms with E-state index in [-0.39, 0.29) is 18.3 Å². The second-order valence-electron chi connectivity index (χ2n) is 5.41. The van der Waals surface area contributed by atoms with Crippen LogP contribution in [0.25, 0.3) is 0 Å². The summed E-state index contributed by atoms with van der Waals surface area (Å²) in [6.45, 7) is 3.25. The smallest absolute Gasteiger partial charge is 0.230 e. The number of rotatable bonds is 9. The molecule has 8 heteroatoms. The summed E-state index contributed by atoms with van der Waals surface area (Å²) >= 11 is 1.34. The highest BCUT2D eigenvalue weighted by Crippen LogP contribution is 2.20. The Morgan fingerprint density at radius 1 is 1.23 bits per heavy atom. The number of para-hydroxylation sites is 1. The molecule has 2 heterocycles. The molecule has 0 saturated carbocycles. The Morgan fingerprint density at radius 2 is 2.08 bits per heavy atom. The minimum absolute atomic E-state index is 0.0351. The van der Waals surface area contributed by atoms with E-state index >= 15 is 0 Å². The van der Waals surface area contributed by atoms with E-state index in [2.05, 4.69) is 15.5 Å². The SMILES string of the molecule is CCNC(=O)CSc1nnc(COc2ccccc2)n1Cc1ccco1. The molecule has 0 spiro atoms. The number of amides is 1. The van der Waals surface area contributed by atoms with Gasteiger partial charge in [-0.15, -0.1) is 10.2 Å². The zero-order valence-corrected chi connectivity index (χ0v) is 15.2. The number of aromatic nitrogens is 3. The molecule has 0 fully saturated rings. The molecule has 3 rings (SSSR count). The fourth-order valence-corrected chi connectivity index (χ4v) is 3.08. The van der Waals surface area contributed by atoms with Crippen molar-refractivity contribution < 1.29 is 13.9 Å². The maximum absolute atomic E-state index is 11.7. The lowest BCUT2D eigenvalue weighted by Crippen LogP contribution is -2.24. The van der Waals surface area contributed by atoms with Crippen LogP contribution >= 0.6 is 11.8 Å². The second kappa shape index (κ2) is 9.10. The summed E-state index contributed by atoms with van der Waals surface area (Å²) < 4.78 is 13.1. The van der Waals surface area contributed by atoms with Crippen molar-refractivity contribution in [3.8, 4) is 5.75 Å². The van der Waals surface area contributed by atoms with Crippen molar-refractivity contribution in [2.75, 3.05) is 12.3 Å². The fraction of sp³-hybridized carbons (Fsp3) is 0.278. The average Bonchev–Trinajstić information content (AvgIpc) is 3.30. The molecule has 0 bridgehead atoms. The molecule has 1 aromatic carbocycles. The summed E-state index contributed by atoms with van der Waals surface area (Å²) in [5.74, 6) is 2.46. The molecule has 1 N–H and O–H groups in total. The summed E-state index contributed by atoms with van der Waals surface area (Å²) in [6.07, 6.45) is 1.63. The molecule has 7 nitrogen and oxygen atoms in total. The van der Waals surface area contributed by atoms with Crippen molar-refractivity contribution in [1.29, 1.82) is 0 Å². The normalized spacial score (nSPS) is 10.7. The highest BCUT2D eigenvalue weighted by atomic mass is 32.2. The van der Waals surface area contributed by atoms with Gasteiger partial charge in [-0.3, -0.25) is 9.36 Å². The van der Waals surface area contributed by atoms with Crippen LogP contribution in [0.4, 0.5) is 0 Å². The van der Waals surface area contributed by atoms with Crippen LogP contribution in [0.5, 0.6) is 5.75 Å². The Kier molecular flexibility index (Phi) is 6.32. The van der Waals surface area contributed by atoms with Crippen LogP contribution in [0.2, 0.25) is 0 Å². The lowest BCUT2D eigenvalue weighted by molar-refractivity contribution is -0.118. The highest BCUT2D eigenvalue weighted by Gasteiger charge is 2.16. The molecule has 0 aliphatic carbocycles. The van der Waals surface area contributed by atoms with E-state index < -0.39 is 0 Å². The molecular formula is C18H20N4O3S. The Balaban J connectivity index is 1.73. The van der Waals surface area contributed by atoms with Gasteiger partial charge in [0, 0.05) is 6.54 Å². The summed E-state index contributed by atoms with van der Waals surface area (Å²) in [5, 5.41) is 11.9. The van der Waals surface area contributed by atoms with Crippen molar-refractivity contribution in [1.82, 2.24) is 20.1 Å². The van der Waals surface area contributed by atoms with Crippen molar-refractivity contribution in [3.63, 3.8) is 0 Å². The van der Waals surface area contributed by atoms with Gasteiger partial charge in [-0.2, -0.15) is 0 Å². The standard InChI is InChI=1S/C18H20N4O3S/c1-2-19-17(23)13-26-18-21-20-16(12-25-14-7-4-3-5-8-14)22(18)11-15-9-6-10-24-15/h3-10H,2,11-13H2,1H3,(H,19,23). The second-order valence-corrected chi connectivity index (χ2v) is 6.35. The quantitative estimate of drug-likeness (QED) is 0.582. The van der Waals surface area contributed by atoms with E-state index in [1.807, 2.05) is 54.0 Å². The molecular weight excluding hydrogens is 352 g/mol. The van der Waals surface area contributed by atoms with Gasteiger partial charge >= 0.3 is 0 Å². The largest absolute Gasteiger partial charge is 0.486 e. The summed E-state index contributed by atoms with van der Waals surface area (Å²) in [6, 6.07) is 13.3. The predicted molar refractivity (Wildman–Crippen MR) is 98.0 cm³/mol. The summed E-state index contributed by atoms with van der Waals surface area (Å²) in [5.41, 5.74) is 0. The van der Waals surface area contributed by atoms with Crippen molar-refractivity contribution in [2.24, 2.45) is 0 Å². The maximum atomic E-state index is 11.7. The van der Waals surface area contributed by atoms with Gasteiger partial charge in [0.15, 0.2) is 11.0 Å². The third-order valence-corrected chi connectivity index (χ3v) is 4.47. The molecule has 0 aliphatic heterocycles. The molecule has 0 aliphatic rings. The summed E-state index contributed by atoms with van der Waals surface area (Å²) in [7, 11) is 0. The Bertz CT molecular complexity index is 818. The fourth-order valence-electron chi connectivity index (χ4n) is 2.29. The van der Waals surface area contributed by atoms with Crippen LogP contribution in [0, 0.1) is 0 Å². The summed E-state index contributed by atoms with van der Waals surface area (Å²) in [4.78, 5) is 11.7. The maximum Gasteiger partial charge on any atom is 0.230 e. The van der Waals surface area contributed by atoms with E-state index in [0.717, 1.165) is 11.5 Å². The first-order valence-electron chi connectivity index (χ1n) is 8.28. The molecule has 26 heavy (non-hydrogen) atoms. The number of carbonyl (C=O) groups is 1. The lowest BCUT2D eigenvalue weighted by atomic mass is 10.3. The zero-order valence-electron chi connectivity index (χ0n) is 14.4. The topological polar surface area (TPSA) is 82.2 Å². The molecule has 2 aromatic heterocycles. The van der Waals surface area contributed by atoms with E-state index in [4.69, 9.17) is 9.15 Å². The van der Waals surface area contributed by atoms with Crippen molar-refractivity contribution in [3.05, 3.63) is 60.3 Å². The number of thioether (sulfide) groups is 1. The number of ether oxygens (including phenoxy) is 1. The number of hydrogen-bond donors (Lipinski definition) is 1. The monoisotopic (exact) mass is 372 g/mol. The van der Waals surface area contributed by atoms with Crippen molar-refractivity contribution in [2.45, 2.75) is 25.2 Å². The Morgan fingerprint density at radius 3 is 2.81 bits per heavy atom. The number of nitrogens with zero attached hydrogens (tertiary/aromatic N) is 3. The first kappa shape index (κ1) is 18.1. The third kappa shape index (κ3) is 4.89. The van der Waals surface area contributed by atoms with Gasteiger partial charge in [0.2, 0.25) is 5.91 Å². The van der Waals surface area contributed by atoms with Crippen LogP contribution in [0.3, 0.4) is 0 Å². The number of carbonyl (C=O) groups excluding carboxylic acids is 1. The molecule has 0 atom stereocenters. The molecule has 3 aromatic rings. The zero-order chi connectivity index (χ0) is 18.2. The van der Waals surface area contributed by atoms with E-state index in [9.17, 15) is 4.79 Å². The minimum atomic E-state index is -0.0351.